The summed E-state index contributed by atoms with van der Waals surface area (Å²) in [6, 6.07) is 0. The average molecular weight is 203 g/mol. The fourth-order valence-corrected chi connectivity index (χ4v) is 0.881. The summed E-state index contributed by atoms with van der Waals surface area (Å²) in [5.41, 5.74) is 0. The molecule has 0 aliphatic rings. The van der Waals surface area contributed by atoms with Crippen molar-refractivity contribution in [3.05, 3.63) is 0 Å². The van der Waals surface area contributed by atoms with E-state index in [0.717, 1.165) is 6.26 Å². The third-order valence-electron chi connectivity index (χ3n) is 0.747. The monoisotopic (exact) mass is 202 g/mol. The maximum absolute atomic E-state index is 10.4. The second-order valence-electron chi connectivity index (χ2n) is 1.83. The molecule has 0 aromatic heterocycles. The van der Waals surface area contributed by atoms with Gasteiger partial charge in [0.1, 0.15) is 0 Å². The number of rotatable bonds is 6. The fraction of sp³-hybridized carbons (Fsp3) is 1.00. The normalized spacial score (nSPS) is 11.8. The summed E-state index contributed by atoms with van der Waals surface area (Å²) in [4.78, 5) is 0. The van der Waals surface area contributed by atoms with E-state index in [4.69, 9.17) is 16.3 Å². The largest absolute Gasteiger partial charge is 0.378 e. The zero-order valence-electron chi connectivity index (χ0n) is 6.25. The van der Waals surface area contributed by atoms with E-state index in [1.54, 1.807) is 0 Å². The van der Waals surface area contributed by atoms with Gasteiger partial charge >= 0.3 is 0 Å². The Labute approximate surface area is 71.6 Å². The van der Waals surface area contributed by atoms with Crippen LogP contribution in [-0.4, -0.2) is 40.4 Å². The lowest BCUT2D eigenvalue weighted by atomic mass is 10.7. The number of halogens is 1. The van der Waals surface area contributed by atoms with Gasteiger partial charge in [-0.05, 0) is 0 Å². The molecular formula is C5H11ClO4S. The summed E-state index contributed by atoms with van der Waals surface area (Å²) >= 11 is 5.29. The Morgan fingerprint density at radius 3 is 2.36 bits per heavy atom. The van der Waals surface area contributed by atoms with Gasteiger partial charge in [0.2, 0.25) is 0 Å². The molecule has 11 heavy (non-hydrogen) atoms. The van der Waals surface area contributed by atoms with Gasteiger partial charge in [-0.2, -0.15) is 8.42 Å². The minimum absolute atomic E-state index is 0.0513. The van der Waals surface area contributed by atoms with Crippen LogP contribution in [0.5, 0.6) is 0 Å². The van der Waals surface area contributed by atoms with Crippen LogP contribution in [0.2, 0.25) is 0 Å². The highest BCUT2D eigenvalue weighted by molar-refractivity contribution is 7.85. The molecule has 4 nitrogen and oxygen atoms in total. The van der Waals surface area contributed by atoms with E-state index in [2.05, 4.69) is 4.18 Å². The molecule has 0 heterocycles. The highest BCUT2D eigenvalue weighted by Crippen LogP contribution is 1.86. The summed E-state index contributed by atoms with van der Waals surface area (Å²) < 4.78 is 30.0. The first-order valence-corrected chi connectivity index (χ1v) is 5.39. The first kappa shape index (κ1) is 11.2. The van der Waals surface area contributed by atoms with Crippen LogP contribution in [0.1, 0.15) is 0 Å². The van der Waals surface area contributed by atoms with Crippen molar-refractivity contribution in [3.8, 4) is 0 Å². The average Bonchev–Trinajstić information content (AvgIpc) is 1.85. The van der Waals surface area contributed by atoms with Gasteiger partial charge in [0, 0.05) is 5.88 Å². The van der Waals surface area contributed by atoms with Gasteiger partial charge in [-0.15, -0.1) is 11.6 Å². The Morgan fingerprint density at radius 1 is 1.27 bits per heavy atom. The number of hydrogen-bond donors (Lipinski definition) is 0. The van der Waals surface area contributed by atoms with Crippen molar-refractivity contribution >= 4 is 21.7 Å². The maximum Gasteiger partial charge on any atom is 0.264 e. The maximum atomic E-state index is 10.4. The van der Waals surface area contributed by atoms with Crippen LogP contribution in [0.25, 0.3) is 0 Å². The van der Waals surface area contributed by atoms with Crippen LogP contribution < -0.4 is 0 Å². The van der Waals surface area contributed by atoms with E-state index in [-0.39, 0.29) is 13.2 Å². The predicted octanol–water partition coefficient (Wildman–Crippen LogP) is 0.218. The first-order chi connectivity index (χ1) is 5.06. The summed E-state index contributed by atoms with van der Waals surface area (Å²) in [6.45, 7) is 0.712. The van der Waals surface area contributed by atoms with Crippen LogP contribution >= 0.6 is 11.6 Å². The summed E-state index contributed by atoms with van der Waals surface area (Å²) in [6.07, 6.45) is 0.995. The lowest BCUT2D eigenvalue weighted by Crippen LogP contribution is -2.10. The number of ether oxygens (including phenoxy) is 1. The van der Waals surface area contributed by atoms with Crippen LogP contribution in [0.4, 0.5) is 0 Å². The van der Waals surface area contributed by atoms with E-state index < -0.39 is 10.1 Å². The molecule has 0 aliphatic carbocycles. The van der Waals surface area contributed by atoms with Gasteiger partial charge in [0.05, 0.1) is 26.1 Å². The van der Waals surface area contributed by atoms with Gasteiger partial charge in [-0.3, -0.25) is 4.18 Å². The molecule has 0 amide bonds. The second kappa shape index (κ2) is 5.77. The van der Waals surface area contributed by atoms with Crippen molar-refractivity contribution in [2.24, 2.45) is 0 Å². The molecular weight excluding hydrogens is 192 g/mol. The van der Waals surface area contributed by atoms with Gasteiger partial charge in [0.25, 0.3) is 10.1 Å². The molecule has 0 spiro atoms. The third kappa shape index (κ3) is 10.2. The first-order valence-electron chi connectivity index (χ1n) is 3.04. The molecule has 0 N–H and O–H groups in total. The van der Waals surface area contributed by atoms with E-state index >= 15 is 0 Å². The van der Waals surface area contributed by atoms with Crippen LogP contribution in [-0.2, 0) is 19.0 Å². The van der Waals surface area contributed by atoms with Gasteiger partial charge in [0.15, 0.2) is 0 Å². The lowest BCUT2D eigenvalue weighted by molar-refractivity contribution is 0.114. The van der Waals surface area contributed by atoms with Crippen molar-refractivity contribution in [2.45, 2.75) is 0 Å². The minimum Gasteiger partial charge on any atom is -0.378 e. The molecule has 0 unspecified atom stereocenters. The Hall–Kier alpha value is 0.160. The summed E-state index contributed by atoms with van der Waals surface area (Å²) in [5.74, 6) is 0.402. The molecule has 0 saturated carbocycles. The van der Waals surface area contributed by atoms with E-state index in [1.165, 1.54) is 0 Å². The number of hydrogen-bond acceptors (Lipinski definition) is 4. The molecule has 0 rings (SSSR count). The Balaban J connectivity index is 3.16. The molecule has 0 fully saturated rings. The van der Waals surface area contributed by atoms with Crippen molar-refractivity contribution in [3.63, 3.8) is 0 Å². The van der Waals surface area contributed by atoms with Crippen molar-refractivity contribution in [1.82, 2.24) is 0 Å². The molecule has 0 saturated heterocycles. The van der Waals surface area contributed by atoms with Gasteiger partial charge in [-0.25, -0.2) is 0 Å². The molecule has 0 aliphatic heterocycles. The molecule has 6 heteroatoms. The zero-order valence-corrected chi connectivity index (χ0v) is 7.82. The third-order valence-corrected chi connectivity index (χ3v) is 1.50. The Kier molecular flexibility index (Phi) is 5.85. The van der Waals surface area contributed by atoms with E-state index in [9.17, 15) is 8.42 Å². The lowest BCUT2D eigenvalue weighted by Gasteiger charge is -2.00. The van der Waals surface area contributed by atoms with E-state index in [1.807, 2.05) is 0 Å². The summed E-state index contributed by atoms with van der Waals surface area (Å²) in [7, 11) is -3.32. The SMILES string of the molecule is CS(=O)(=O)OCCOCCCl. The Bertz CT molecular complexity index is 177. The van der Waals surface area contributed by atoms with Gasteiger partial charge in [-0.1, -0.05) is 0 Å². The molecule has 0 aromatic carbocycles. The molecule has 0 radical (unpaired) electrons. The molecule has 0 aromatic rings. The number of alkyl halides is 1. The fourth-order valence-electron chi connectivity index (χ4n) is 0.401. The topological polar surface area (TPSA) is 52.6 Å². The molecule has 0 bridgehead atoms. The van der Waals surface area contributed by atoms with Crippen LogP contribution in [0.3, 0.4) is 0 Å². The van der Waals surface area contributed by atoms with Crippen LogP contribution in [0.15, 0.2) is 0 Å². The zero-order chi connectivity index (χ0) is 8.74. The highest BCUT2D eigenvalue weighted by Gasteiger charge is 1.99. The highest BCUT2D eigenvalue weighted by atomic mass is 35.5. The molecule has 0 atom stereocenters. The quantitative estimate of drug-likeness (QED) is 0.351. The van der Waals surface area contributed by atoms with E-state index in [0.29, 0.717) is 12.5 Å². The van der Waals surface area contributed by atoms with Crippen molar-refractivity contribution in [1.29, 1.82) is 0 Å². The Morgan fingerprint density at radius 2 is 1.91 bits per heavy atom. The predicted molar refractivity (Wildman–Crippen MR) is 42.3 cm³/mol. The minimum atomic E-state index is -3.32. The van der Waals surface area contributed by atoms with Gasteiger partial charge < -0.3 is 4.74 Å². The molecule has 68 valence electrons. The second-order valence-corrected chi connectivity index (χ2v) is 3.85. The van der Waals surface area contributed by atoms with Crippen molar-refractivity contribution in [2.75, 3.05) is 32.0 Å². The standard InChI is InChI=1S/C5H11ClO4S/c1-11(7,8)10-5-4-9-3-2-6/h2-5H2,1H3. The summed E-state index contributed by atoms with van der Waals surface area (Å²) in [5, 5.41) is 0. The van der Waals surface area contributed by atoms with Crippen LogP contribution in [0, 0.1) is 0 Å². The van der Waals surface area contributed by atoms with Crippen molar-refractivity contribution < 1.29 is 17.3 Å². The smallest absolute Gasteiger partial charge is 0.264 e.